The fourth-order valence-electron chi connectivity index (χ4n) is 4.73. The normalized spacial score (nSPS) is 19.2. The highest BCUT2D eigenvalue weighted by Gasteiger charge is 2.21. The maximum absolute atomic E-state index is 12.2. The van der Waals surface area contributed by atoms with Gasteiger partial charge in [-0.05, 0) is 79.2 Å². The first-order valence-corrected chi connectivity index (χ1v) is 11.8. The van der Waals surface area contributed by atoms with E-state index in [2.05, 4.69) is 35.9 Å². The summed E-state index contributed by atoms with van der Waals surface area (Å²) >= 11 is 0. The van der Waals surface area contributed by atoms with Gasteiger partial charge in [-0.3, -0.25) is 0 Å². The predicted molar refractivity (Wildman–Crippen MR) is 120 cm³/mol. The van der Waals surface area contributed by atoms with E-state index in [0.717, 1.165) is 30.2 Å². The summed E-state index contributed by atoms with van der Waals surface area (Å²) in [5.74, 6) is 1.90. The van der Waals surface area contributed by atoms with Gasteiger partial charge in [-0.1, -0.05) is 75.4 Å². The number of hydrogen-bond acceptors (Lipinski definition) is 1. The first-order chi connectivity index (χ1) is 14.6. The van der Waals surface area contributed by atoms with Crippen molar-refractivity contribution in [2.24, 2.45) is 5.92 Å². The number of unbranched alkanes of at least 4 members (excludes halogenated alkanes) is 3. The van der Waals surface area contributed by atoms with Gasteiger partial charge in [0.25, 0.3) is 0 Å². The van der Waals surface area contributed by atoms with Crippen LogP contribution in [-0.2, 0) is 12.8 Å². The van der Waals surface area contributed by atoms with Crippen LogP contribution in [-0.4, -0.2) is 6.61 Å². The fraction of sp³-hybridized carbons (Fsp3) is 0.556. The quantitative estimate of drug-likeness (QED) is 0.336. The predicted octanol–water partition coefficient (Wildman–Crippen LogP) is 8.32. The van der Waals surface area contributed by atoms with Crippen molar-refractivity contribution in [3.63, 3.8) is 0 Å². The van der Waals surface area contributed by atoms with E-state index in [1.165, 1.54) is 68.9 Å². The second-order valence-electron chi connectivity index (χ2n) is 8.83. The molecule has 0 atom stereocenters. The first kappa shape index (κ1) is 22.8. The number of ether oxygens (including phenoxy) is 1. The number of alkyl halides is 2. The van der Waals surface area contributed by atoms with Crippen LogP contribution < -0.4 is 4.74 Å². The Labute approximate surface area is 180 Å². The second kappa shape index (κ2) is 12.1. The molecule has 3 heteroatoms. The Balaban J connectivity index is 1.41. The van der Waals surface area contributed by atoms with Crippen LogP contribution in [0, 0.1) is 5.92 Å². The molecule has 0 radical (unpaired) electrons. The number of benzene rings is 2. The van der Waals surface area contributed by atoms with E-state index < -0.39 is 6.61 Å². The van der Waals surface area contributed by atoms with Crippen molar-refractivity contribution in [3.05, 3.63) is 65.2 Å². The molecular weight excluding hydrogens is 378 g/mol. The van der Waals surface area contributed by atoms with Crippen molar-refractivity contribution in [1.82, 2.24) is 0 Å². The second-order valence-corrected chi connectivity index (χ2v) is 8.83. The largest absolute Gasteiger partial charge is 0.435 e. The van der Waals surface area contributed by atoms with Gasteiger partial charge in [0, 0.05) is 0 Å². The zero-order chi connectivity index (χ0) is 21.2. The van der Waals surface area contributed by atoms with Crippen molar-refractivity contribution >= 4 is 0 Å². The lowest BCUT2D eigenvalue weighted by Gasteiger charge is -2.29. The highest BCUT2D eigenvalue weighted by Crippen LogP contribution is 2.37. The lowest BCUT2D eigenvalue weighted by Crippen LogP contribution is -2.13. The average Bonchev–Trinajstić information content (AvgIpc) is 2.77. The molecule has 0 amide bonds. The lowest BCUT2D eigenvalue weighted by molar-refractivity contribution is -0.0498. The monoisotopic (exact) mass is 414 g/mol. The minimum absolute atomic E-state index is 0.216. The molecule has 0 N–H and O–H groups in total. The van der Waals surface area contributed by atoms with Gasteiger partial charge in [-0.2, -0.15) is 8.78 Å². The van der Waals surface area contributed by atoms with Gasteiger partial charge < -0.3 is 4.74 Å². The summed E-state index contributed by atoms with van der Waals surface area (Å²) in [6.45, 7) is -0.488. The Bertz CT molecular complexity index is 716. The van der Waals surface area contributed by atoms with Crippen LogP contribution in [0.25, 0.3) is 0 Å². The van der Waals surface area contributed by atoms with Crippen molar-refractivity contribution in [2.75, 3.05) is 0 Å². The summed E-state index contributed by atoms with van der Waals surface area (Å²) < 4.78 is 28.9. The Morgan fingerprint density at radius 3 is 1.97 bits per heavy atom. The summed E-state index contributed by atoms with van der Waals surface area (Å²) in [4.78, 5) is 0. The third-order valence-corrected chi connectivity index (χ3v) is 6.61. The molecule has 3 rings (SSSR count). The molecule has 0 bridgehead atoms. The Morgan fingerprint density at radius 1 is 0.800 bits per heavy atom. The van der Waals surface area contributed by atoms with Crippen LogP contribution in [0.15, 0.2) is 48.5 Å². The van der Waals surface area contributed by atoms with Crippen LogP contribution >= 0.6 is 0 Å². The molecular formula is C27H36F2O. The molecule has 0 spiro atoms. The fourth-order valence-corrected chi connectivity index (χ4v) is 4.73. The molecule has 0 aliphatic heterocycles. The van der Waals surface area contributed by atoms with Gasteiger partial charge in [0.05, 0.1) is 0 Å². The minimum atomic E-state index is -2.77. The minimum Gasteiger partial charge on any atom is -0.435 e. The van der Waals surface area contributed by atoms with Crippen molar-refractivity contribution < 1.29 is 13.5 Å². The molecule has 164 valence electrons. The topological polar surface area (TPSA) is 9.23 Å². The number of aryl methyl sites for hydroxylation is 2. The molecule has 1 nitrogen and oxygen atoms in total. The van der Waals surface area contributed by atoms with E-state index >= 15 is 0 Å². The number of hydrogen-bond donors (Lipinski definition) is 0. The lowest BCUT2D eigenvalue weighted by atomic mass is 9.77. The number of rotatable bonds is 11. The molecule has 0 heterocycles. The van der Waals surface area contributed by atoms with Crippen LogP contribution in [0.5, 0.6) is 5.75 Å². The zero-order valence-corrected chi connectivity index (χ0v) is 18.3. The van der Waals surface area contributed by atoms with Crippen LogP contribution in [0.3, 0.4) is 0 Å². The highest BCUT2D eigenvalue weighted by molar-refractivity contribution is 5.30. The van der Waals surface area contributed by atoms with Crippen molar-refractivity contribution in [3.8, 4) is 5.75 Å². The Morgan fingerprint density at radius 2 is 1.40 bits per heavy atom. The summed E-state index contributed by atoms with van der Waals surface area (Å²) in [6.07, 6.45) is 14.3. The summed E-state index contributed by atoms with van der Waals surface area (Å²) in [6, 6.07) is 16.1. The Kier molecular flexibility index (Phi) is 9.17. The van der Waals surface area contributed by atoms with Gasteiger partial charge in [0.2, 0.25) is 0 Å². The molecule has 2 aromatic rings. The van der Waals surface area contributed by atoms with Crippen LogP contribution in [0.2, 0.25) is 0 Å². The molecule has 0 unspecified atom stereocenters. The SMILES string of the molecule is CCCCCCC1CCC(c2ccc(CCc3ccc(OC(F)F)cc3)cc2)CC1. The average molecular weight is 415 g/mol. The molecule has 30 heavy (non-hydrogen) atoms. The van der Waals surface area contributed by atoms with E-state index in [1.807, 2.05) is 12.1 Å². The number of halogens is 2. The third kappa shape index (κ3) is 7.41. The van der Waals surface area contributed by atoms with E-state index in [0.29, 0.717) is 0 Å². The molecule has 0 aromatic heterocycles. The van der Waals surface area contributed by atoms with E-state index in [1.54, 1.807) is 12.1 Å². The van der Waals surface area contributed by atoms with Crippen LogP contribution in [0.4, 0.5) is 8.78 Å². The molecule has 0 saturated heterocycles. The maximum atomic E-state index is 12.2. The molecule has 1 saturated carbocycles. The molecule has 1 aliphatic rings. The maximum Gasteiger partial charge on any atom is 0.387 e. The smallest absolute Gasteiger partial charge is 0.387 e. The van der Waals surface area contributed by atoms with E-state index in [9.17, 15) is 8.78 Å². The van der Waals surface area contributed by atoms with E-state index in [-0.39, 0.29) is 5.75 Å². The third-order valence-electron chi connectivity index (χ3n) is 6.61. The summed E-state index contributed by atoms with van der Waals surface area (Å²) in [5, 5.41) is 0. The van der Waals surface area contributed by atoms with Gasteiger partial charge in [0.1, 0.15) is 5.75 Å². The Hall–Kier alpha value is -1.90. The summed E-state index contributed by atoms with van der Waals surface area (Å²) in [7, 11) is 0. The standard InChI is InChI=1S/C27H36F2O/c1-2-3-4-5-6-21-9-15-24(16-10-21)25-17-11-22(12-18-25)7-8-23-13-19-26(20-14-23)30-27(28)29/h11-14,17-21,24,27H,2-10,15-16H2,1H3. The van der Waals surface area contributed by atoms with Crippen molar-refractivity contribution in [2.45, 2.75) is 90.1 Å². The van der Waals surface area contributed by atoms with E-state index in [4.69, 9.17) is 0 Å². The van der Waals surface area contributed by atoms with Gasteiger partial charge >= 0.3 is 6.61 Å². The molecule has 1 fully saturated rings. The summed E-state index contributed by atoms with van der Waals surface area (Å²) in [5.41, 5.74) is 3.96. The zero-order valence-electron chi connectivity index (χ0n) is 18.3. The molecule has 2 aromatic carbocycles. The van der Waals surface area contributed by atoms with Crippen LogP contribution in [0.1, 0.15) is 87.3 Å². The van der Waals surface area contributed by atoms with Gasteiger partial charge in [-0.15, -0.1) is 0 Å². The first-order valence-electron chi connectivity index (χ1n) is 11.8. The van der Waals surface area contributed by atoms with Crippen molar-refractivity contribution in [1.29, 1.82) is 0 Å². The highest BCUT2D eigenvalue weighted by atomic mass is 19.3. The van der Waals surface area contributed by atoms with Gasteiger partial charge in [0.15, 0.2) is 0 Å². The van der Waals surface area contributed by atoms with Gasteiger partial charge in [-0.25, -0.2) is 0 Å². The molecule has 1 aliphatic carbocycles.